The third-order valence-corrected chi connectivity index (χ3v) is 3.57. The van der Waals surface area contributed by atoms with Crippen LogP contribution in [0, 0.1) is 0 Å². The van der Waals surface area contributed by atoms with Crippen molar-refractivity contribution in [2.45, 2.75) is 38.8 Å². The second kappa shape index (κ2) is 5.92. The summed E-state index contributed by atoms with van der Waals surface area (Å²) in [5.74, 6) is -0.945. The first-order chi connectivity index (χ1) is 10.5. The summed E-state index contributed by atoms with van der Waals surface area (Å²) in [5.41, 5.74) is 0.548. The van der Waals surface area contributed by atoms with Crippen LogP contribution in [0.15, 0.2) is 12.3 Å². The lowest BCUT2D eigenvalue weighted by Gasteiger charge is -2.21. The van der Waals surface area contributed by atoms with Crippen molar-refractivity contribution in [2.24, 2.45) is 0 Å². The van der Waals surface area contributed by atoms with Gasteiger partial charge in [-0.15, -0.1) is 0 Å². The minimum absolute atomic E-state index is 0.0562. The van der Waals surface area contributed by atoms with Crippen molar-refractivity contribution in [1.29, 1.82) is 0 Å². The molecule has 0 radical (unpaired) electrons. The molecule has 7 heteroatoms. The number of pyridine rings is 1. The number of aromatic nitrogens is 3. The Morgan fingerprint density at radius 1 is 1.55 bits per heavy atom. The molecule has 0 bridgehead atoms. The molecule has 1 saturated heterocycles. The minimum Gasteiger partial charge on any atom is -0.477 e. The predicted molar refractivity (Wildman–Crippen MR) is 79.3 cm³/mol. The normalized spacial score (nSPS) is 18.8. The number of carboxylic acid groups (broad SMARTS) is 1. The van der Waals surface area contributed by atoms with Gasteiger partial charge in [0.15, 0.2) is 5.65 Å². The van der Waals surface area contributed by atoms with Gasteiger partial charge < -0.3 is 14.6 Å². The lowest BCUT2D eigenvalue weighted by molar-refractivity contribution is 0.0551. The van der Waals surface area contributed by atoms with E-state index in [9.17, 15) is 9.90 Å². The van der Waals surface area contributed by atoms with Gasteiger partial charge in [0, 0.05) is 18.2 Å². The predicted octanol–water partition coefficient (Wildman–Crippen LogP) is 2.27. The van der Waals surface area contributed by atoms with Crippen molar-refractivity contribution in [2.75, 3.05) is 13.2 Å². The highest BCUT2D eigenvalue weighted by Gasteiger charge is 2.21. The van der Waals surface area contributed by atoms with E-state index in [4.69, 9.17) is 9.47 Å². The molecule has 7 nitrogen and oxygen atoms in total. The zero-order chi connectivity index (χ0) is 15.7. The van der Waals surface area contributed by atoms with Gasteiger partial charge in [-0.1, -0.05) is 0 Å². The summed E-state index contributed by atoms with van der Waals surface area (Å²) in [7, 11) is 0. The van der Waals surface area contributed by atoms with Crippen molar-refractivity contribution in [3.63, 3.8) is 0 Å². The number of nitrogens with zero attached hydrogens (tertiary/aromatic N) is 3. The van der Waals surface area contributed by atoms with Crippen molar-refractivity contribution < 1.29 is 19.4 Å². The Balaban J connectivity index is 2.01. The van der Waals surface area contributed by atoms with Crippen LogP contribution >= 0.6 is 0 Å². The molecule has 22 heavy (non-hydrogen) atoms. The summed E-state index contributed by atoms with van der Waals surface area (Å²) >= 11 is 0. The summed E-state index contributed by atoms with van der Waals surface area (Å²) in [6, 6.07) is 1.74. The molecule has 3 heterocycles. The van der Waals surface area contributed by atoms with Gasteiger partial charge in [-0.2, -0.15) is 10.1 Å². The average molecular weight is 305 g/mol. The van der Waals surface area contributed by atoms with Crippen molar-refractivity contribution >= 4 is 17.0 Å². The molecule has 0 spiro atoms. The maximum atomic E-state index is 11.4. The van der Waals surface area contributed by atoms with E-state index in [0.717, 1.165) is 19.4 Å². The van der Waals surface area contributed by atoms with Gasteiger partial charge in [0.25, 0.3) is 0 Å². The van der Waals surface area contributed by atoms with Crippen LogP contribution in [-0.4, -0.2) is 45.2 Å². The van der Waals surface area contributed by atoms with Crippen molar-refractivity contribution in [3.05, 3.63) is 17.8 Å². The van der Waals surface area contributed by atoms with E-state index >= 15 is 0 Å². The van der Waals surface area contributed by atoms with E-state index in [1.807, 2.05) is 24.7 Å². The minimum atomic E-state index is -1.06. The van der Waals surface area contributed by atoms with Crippen molar-refractivity contribution in [3.8, 4) is 5.88 Å². The monoisotopic (exact) mass is 305 g/mol. The van der Waals surface area contributed by atoms with E-state index in [-0.39, 0.29) is 23.6 Å². The molecule has 1 aliphatic rings. The summed E-state index contributed by atoms with van der Waals surface area (Å²) in [4.78, 5) is 15.7. The molecule has 0 aromatic carbocycles. The second-order valence-electron chi connectivity index (χ2n) is 5.71. The third kappa shape index (κ3) is 2.89. The van der Waals surface area contributed by atoms with Gasteiger partial charge in [0.05, 0.1) is 18.8 Å². The highest BCUT2D eigenvalue weighted by atomic mass is 16.5. The lowest BCUT2D eigenvalue weighted by atomic mass is 10.1. The molecule has 1 fully saturated rings. The van der Waals surface area contributed by atoms with Gasteiger partial charge in [-0.05, 0) is 32.8 Å². The Morgan fingerprint density at radius 3 is 3.00 bits per heavy atom. The van der Waals surface area contributed by atoms with E-state index in [1.54, 1.807) is 6.07 Å². The quantitative estimate of drug-likeness (QED) is 0.932. The number of aromatic carboxylic acids is 1. The number of hydrogen-bond acceptors (Lipinski definition) is 5. The van der Waals surface area contributed by atoms with E-state index in [1.165, 1.54) is 0 Å². The summed E-state index contributed by atoms with van der Waals surface area (Å²) in [5, 5.41) is 14.5. The van der Waals surface area contributed by atoms with Gasteiger partial charge in [0.2, 0.25) is 5.88 Å². The van der Waals surface area contributed by atoms with Crippen molar-refractivity contribution in [1.82, 2.24) is 14.8 Å². The highest BCUT2D eigenvalue weighted by molar-refractivity contribution is 5.94. The number of fused-ring (bicyclic) bond motifs is 1. The van der Waals surface area contributed by atoms with Crippen LogP contribution in [0.2, 0.25) is 0 Å². The molecule has 3 rings (SSSR count). The molecule has 2 aromatic rings. The van der Waals surface area contributed by atoms with Crippen LogP contribution in [-0.2, 0) is 4.74 Å². The molecule has 1 aliphatic heterocycles. The number of carbonyl (C=O) groups is 1. The maximum Gasteiger partial charge on any atom is 0.341 e. The third-order valence-electron chi connectivity index (χ3n) is 3.57. The van der Waals surface area contributed by atoms with Gasteiger partial charge in [-0.25, -0.2) is 4.79 Å². The number of hydrogen-bond donors (Lipinski definition) is 1. The summed E-state index contributed by atoms with van der Waals surface area (Å²) in [6.07, 6.45) is 3.66. The molecule has 0 aliphatic carbocycles. The molecular weight excluding hydrogens is 286 g/mol. The Bertz CT molecular complexity index is 689. The number of rotatable bonds is 4. The van der Waals surface area contributed by atoms with Crippen LogP contribution < -0.4 is 4.74 Å². The fourth-order valence-corrected chi connectivity index (χ4v) is 2.54. The zero-order valence-corrected chi connectivity index (χ0v) is 12.7. The molecule has 0 saturated carbocycles. The van der Waals surface area contributed by atoms with E-state index in [2.05, 4.69) is 10.1 Å². The molecule has 2 aromatic heterocycles. The van der Waals surface area contributed by atoms with Gasteiger partial charge in [-0.3, -0.25) is 4.68 Å². The molecule has 1 atom stereocenters. The fourth-order valence-electron chi connectivity index (χ4n) is 2.54. The fraction of sp³-hybridized carbons (Fsp3) is 0.533. The first kappa shape index (κ1) is 14.8. The van der Waals surface area contributed by atoms with Crippen LogP contribution in [0.4, 0.5) is 0 Å². The van der Waals surface area contributed by atoms with Crippen LogP contribution in [0.1, 0.15) is 43.1 Å². The Kier molecular flexibility index (Phi) is 3.98. The maximum absolute atomic E-state index is 11.4. The van der Waals surface area contributed by atoms with E-state index < -0.39 is 5.97 Å². The number of carboxylic acids is 1. The Labute approximate surface area is 127 Å². The smallest absolute Gasteiger partial charge is 0.341 e. The summed E-state index contributed by atoms with van der Waals surface area (Å²) < 4.78 is 12.8. The number of ether oxygens (including phenoxy) is 2. The molecule has 1 N–H and O–H groups in total. The Hall–Kier alpha value is -2.15. The molecular formula is C15H19N3O4. The Morgan fingerprint density at radius 2 is 2.36 bits per heavy atom. The first-order valence-corrected chi connectivity index (χ1v) is 7.42. The van der Waals surface area contributed by atoms with Crippen LogP contribution in [0.5, 0.6) is 5.88 Å². The SMILES string of the molecule is CC(C)Oc1nc2nn(C3CCCOC3)cc2cc1C(=O)O. The first-order valence-electron chi connectivity index (χ1n) is 7.42. The second-order valence-corrected chi connectivity index (χ2v) is 5.71. The zero-order valence-electron chi connectivity index (χ0n) is 12.7. The average Bonchev–Trinajstić information content (AvgIpc) is 2.89. The summed E-state index contributed by atoms with van der Waals surface area (Å²) in [6.45, 7) is 5.06. The van der Waals surface area contributed by atoms with Gasteiger partial charge >= 0.3 is 5.97 Å². The van der Waals surface area contributed by atoms with Crippen LogP contribution in [0.25, 0.3) is 11.0 Å². The highest BCUT2D eigenvalue weighted by Crippen LogP contribution is 2.25. The van der Waals surface area contributed by atoms with E-state index in [0.29, 0.717) is 17.6 Å². The largest absolute Gasteiger partial charge is 0.477 e. The topological polar surface area (TPSA) is 86.5 Å². The van der Waals surface area contributed by atoms with Crippen LogP contribution in [0.3, 0.4) is 0 Å². The lowest BCUT2D eigenvalue weighted by Crippen LogP contribution is -2.21. The van der Waals surface area contributed by atoms with Gasteiger partial charge in [0.1, 0.15) is 5.56 Å². The molecule has 0 amide bonds. The standard InChI is InChI=1S/C15H19N3O4/c1-9(2)22-14-12(15(19)20)6-10-7-18(17-13(10)16-14)11-4-3-5-21-8-11/h6-7,9,11H,3-5,8H2,1-2H3,(H,19,20). The molecule has 1 unspecified atom stereocenters. The molecule has 118 valence electrons.